The van der Waals surface area contributed by atoms with Crippen LogP contribution in [0.25, 0.3) is 17.0 Å². The summed E-state index contributed by atoms with van der Waals surface area (Å²) in [5.41, 5.74) is 3.49. The van der Waals surface area contributed by atoms with Gasteiger partial charge in [0, 0.05) is 10.9 Å². The van der Waals surface area contributed by atoms with Crippen LogP contribution in [-0.4, -0.2) is 21.8 Å². The number of aryl methyl sites for hydroxylation is 1. The van der Waals surface area contributed by atoms with Crippen molar-refractivity contribution in [3.05, 3.63) is 82.1 Å². The summed E-state index contributed by atoms with van der Waals surface area (Å²) in [7, 11) is 0. The van der Waals surface area contributed by atoms with E-state index >= 15 is 0 Å². The highest BCUT2D eigenvalue weighted by Crippen LogP contribution is 2.26. The highest BCUT2D eigenvalue weighted by Gasteiger charge is 2.33. The van der Waals surface area contributed by atoms with Crippen molar-refractivity contribution in [2.45, 2.75) is 13.5 Å². The molecule has 5 nitrogen and oxygen atoms in total. The second-order valence-electron chi connectivity index (χ2n) is 6.38. The molecule has 0 atom stereocenters. The number of nitrogens with zero attached hydrogens (tertiary/aromatic N) is 2. The molecule has 1 fully saturated rings. The number of pyridine rings is 1. The molecular formula is C21H16ClN3O2. The standard InChI is InChI=1S/C21H16ClN3O2/c1-13-6-5-9-15-10-16(19(22)24-18(13)15)11-17-20(26)25(21(27)23-17)12-14-7-3-2-4-8-14/h2-11H,12H2,1H3,(H,23,27)/b17-11-. The number of aromatic nitrogens is 1. The van der Waals surface area contributed by atoms with Crippen molar-refractivity contribution in [2.75, 3.05) is 0 Å². The van der Waals surface area contributed by atoms with E-state index in [0.29, 0.717) is 5.56 Å². The Labute approximate surface area is 161 Å². The van der Waals surface area contributed by atoms with E-state index in [-0.39, 0.29) is 23.3 Å². The minimum atomic E-state index is -0.448. The number of hydrogen-bond acceptors (Lipinski definition) is 3. The van der Waals surface area contributed by atoms with Gasteiger partial charge in [-0.05, 0) is 30.2 Å². The zero-order valence-corrected chi connectivity index (χ0v) is 15.3. The highest BCUT2D eigenvalue weighted by atomic mass is 35.5. The lowest BCUT2D eigenvalue weighted by atomic mass is 10.1. The molecule has 0 radical (unpaired) electrons. The monoisotopic (exact) mass is 377 g/mol. The van der Waals surface area contributed by atoms with Gasteiger partial charge in [-0.1, -0.05) is 60.1 Å². The maximum atomic E-state index is 12.7. The van der Waals surface area contributed by atoms with Crippen molar-refractivity contribution in [1.29, 1.82) is 0 Å². The molecular weight excluding hydrogens is 362 g/mol. The van der Waals surface area contributed by atoms with Crippen LogP contribution in [0.15, 0.2) is 60.3 Å². The summed E-state index contributed by atoms with van der Waals surface area (Å²) in [5, 5.41) is 3.83. The minimum Gasteiger partial charge on any atom is -0.303 e. The number of fused-ring (bicyclic) bond motifs is 1. The zero-order valence-electron chi connectivity index (χ0n) is 14.6. The van der Waals surface area contributed by atoms with Crippen LogP contribution in [0.1, 0.15) is 16.7 Å². The molecule has 2 heterocycles. The molecule has 0 spiro atoms. The molecule has 1 saturated heterocycles. The van der Waals surface area contributed by atoms with Crippen molar-refractivity contribution in [2.24, 2.45) is 0 Å². The van der Waals surface area contributed by atoms with Gasteiger partial charge in [-0.2, -0.15) is 0 Å². The number of carbonyl (C=O) groups excluding carboxylic acids is 2. The number of urea groups is 1. The lowest BCUT2D eigenvalue weighted by molar-refractivity contribution is -0.123. The number of benzene rings is 2. The third-order valence-corrected chi connectivity index (χ3v) is 4.78. The number of nitrogens with one attached hydrogen (secondary N) is 1. The molecule has 0 bridgehead atoms. The number of rotatable bonds is 3. The van der Waals surface area contributed by atoms with Gasteiger partial charge < -0.3 is 5.32 Å². The van der Waals surface area contributed by atoms with Gasteiger partial charge in [0.25, 0.3) is 5.91 Å². The van der Waals surface area contributed by atoms with E-state index in [0.717, 1.165) is 22.0 Å². The van der Waals surface area contributed by atoms with Gasteiger partial charge in [0.15, 0.2) is 0 Å². The van der Waals surface area contributed by atoms with E-state index in [2.05, 4.69) is 10.3 Å². The van der Waals surface area contributed by atoms with Crippen LogP contribution >= 0.6 is 11.6 Å². The molecule has 4 rings (SSSR count). The Morgan fingerprint density at radius 1 is 1.11 bits per heavy atom. The average molecular weight is 378 g/mol. The fraction of sp³-hybridized carbons (Fsp3) is 0.0952. The van der Waals surface area contributed by atoms with E-state index < -0.39 is 6.03 Å². The molecule has 3 amide bonds. The number of halogens is 1. The van der Waals surface area contributed by atoms with E-state index in [1.165, 1.54) is 4.90 Å². The molecule has 6 heteroatoms. The van der Waals surface area contributed by atoms with Gasteiger partial charge in [-0.3, -0.25) is 9.69 Å². The van der Waals surface area contributed by atoms with Gasteiger partial charge in [0.2, 0.25) is 0 Å². The summed E-state index contributed by atoms with van der Waals surface area (Å²) in [6.45, 7) is 2.18. The summed E-state index contributed by atoms with van der Waals surface area (Å²) in [5.74, 6) is -0.385. The molecule has 134 valence electrons. The van der Waals surface area contributed by atoms with Crippen LogP contribution in [0.4, 0.5) is 4.79 Å². The van der Waals surface area contributed by atoms with Gasteiger partial charge in [0.05, 0.1) is 12.1 Å². The first-order chi connectivity index (χ1) is 13.0. The number of para-hydroxylation sites is 1. The maximum absolute atomic E-state index is 12.7. The maximum Gasteiger partial charge on any atom is 0.329 e. The largest absolute Gasteiger partial charge is 0.329 e. The van der Waals surface area contributed by atoms with E-state index in [4.69, 9.17) is 11.6 Å². The summed E-state index contributed by atoms with van der Waals surface area (Å²) in [6.07, 6.45) is 1.57. The van der Waals surface area contributed by atoms with E-state index in [1.54, 1.807) is 6.08 Å². The Balaban J connectivity index is 1.66. The van der Waals surface area contributed by atoms with Crippen LogP contribution in [0.2, 0.25) is 5.15 Å². The molecule has 0 aliphatic carbocycles. The van der Waals surface area contributed by atoms with Gasteiger partial charge in [-0.15, -0.1) is 0 Å². The van der Waals surface area contributed by atoms with Crippen molar-refractivity contribution in [3.8, 4) is 0 Å². The number of carbonyl (C=O) groups is 2. The Hall–Kier alpha value is -3.18. The van der Waals surface area contributed by atoms with Crippen molar-refractivity contribution >= 4 is 40.5 Å². The lowest BCUT2D eigenvalue weighted by Gasteiger charge is -2.11. The lowest BCUT2D eigenvalue weighted by Crippen LogP contribution is -2.30. The molecule has 0 saturated carbocycles. The Bertz CT molecular complexity index is 1090. The fourth-order valence-electron chi connectivity index (χ4n) is 3.08. The van der Waals surface area contributed by atoms with Gasteiger partial charge in [0.1, 0.15) is 10.9 Å². The Morgan fingerprint density at radius 3 is 2.67 bits per heavy atom. The Kier molecular flexibility index (Phi) is 4.38. The number of hydrogen-bond donors (Lipinski definition) is 1. The van der Waals surface area contributed by atoms with Crippen LogP contribution in [-0.2, 0) is 11.3 Å². The highest BCUT2D eigenvalue weighted by molar-refractivity contribution is 6.31. The SMILES string of the molecule is Cc1cccc2cc(/C=C3\NC(=O)N(Cc4ccccc4)C3=O)c(Cl)nc12. The molecule has 1 N–H and O–H groups in total. The first-order valence-corrected chi connectivity index (χ1v) is 8.85. The molecule has 0 unspecified atom stereocenters. The molecule has 1 aliphatic heterocycles. The van der Waals surface area contributed by atoms with Crippen molar-refractivity contribution < 1.29 is 9.59 Å². The number of imide groups is 1. The van der Waals surface area contributed by atoms with Crippen LogP contribution < -0.4 is 5.32 Å². The smallest absolute Gasteiger partial charge is 0.303 e. The van der Waals surface area contributed by atoms with Crippen LogP contribution in [0.3, 0.4) is 0 Å². The molecule has 1 aromatic heterocycles. The minimum absolute atomic E-state index is 0.187. The van der Waals surface area contributed by atoms with Crippen molar-refractivity contribution in [1.82, 2.24) is 15.2 Å². The zero-order chi connectivity index (χ0) is 19.0. The van der Waals surface area contributed by atoms with Gasteiger partial charge in [-0.25, -0.2) is 9.78 Å². The van der Waals surface area contributed by atoms with E-state index in [1.807, 2.05) is 61.5 Å². The second-order valence-corrected chi connectivity index (χ2v) is 6.74. The average Bonchev–Trinajstić information content (AvgIpc) is 2.92. The topological polar surface area (TPSA) is 62.3 Å². The van der Waals surface area contributed by atoms with Crippen LogP contribution in [0, 0.1) is 6.92 Å². The first-order valence-electron chi connectivity index (χ1n) is 8.47. The third-order valence-electron chi connectivity index (χ3n) is 4.47. The van der Waals surface area contributed by atoms with Crippen LogP contribution in [0.5, 0.6) is 0 Å². The van der Waals surface area contributed by atoms with E-state index in [9.17, 15) is 9.59 Å². The second kappa shape index (κ2) is 6.85. The Morgan fingerprint density at radius 2 is 1.89 bits per heavy atom. The first kappa shape index (κ1) is 17.2. The summed E-state index contributed by atoms with van der Waals surface area (Å²) in [4.78, 5) is 30.5. The quantitative estimate of drug-likeness (QED) is 0.420. The summed E-state index contributed by atoms with van der Waals surface area (Å²) >= 11 is 6.31. The molecule has 3 aromatic rings. The predicted molar refractivity (Wildman–Crippen MR) is 105 cm³/mol. The fourth-order valence-corrected chi connectivity index (χ4v) is 3.27. The van der Waals surface area contributed by atoms with Crippen molar-refractivity contribution in [3.63, 3.8) is 0 Å². The predicted octanol–water partition coefficient (Wildman–Crippen LogP) is 4.29. The molecule has 2 aromatic carbocycles. The molecule has 27 heavy (non-hydrogen) atoms. The summed E-state index contributed by atoms with van der Waals surface area (Å²) < 4.78 is 0. The number of amides is 3. The van der Waals surface area contributed by atoms with Gasteiger partial charge >= 0.3 is 6.03 Å². The third kappa shape index (κ3) is 3.29. The summed E-state index contributed by atoms with van der Waals surface area (Å²) in [6, 6.07) is 16.6. The molecule has 1 aliphatic rings. The normalized spacial score (nSPS) is 15.6.